The molecule has 0 spiro atoms. The second-order valence-electron chi connectivity index (χ2n) is 7.92. The number of carbonyl (C=O) groups excluding carboxylic acids is 1. The van der Waals surface area contributed by atoms with Gasteiger partial charge in [-0.2, -0.15) is 0 Å². The molecule has 1 fully saturated rings. The number of aryl methyl sites for hydroxylation is 2. The lowest BCUT2D eigenvalue weighted by Crippen LogP contribution is -2.48. The van der Waals surface area contributed by atoms with Gasteiger partial charge < -0.3 is 15.0 Å². The summed E-state index contributed by atoms with van der Waals surface area (Å²) in [5, 5.41) is 3.17. The third kappa shape index (κ3) is 6.31. The van der Waals surface area contributed by atoms with Crippen molar-refractivity contribution in [1.82, 2.24) is 15.1 Å². The van der Waals surface area contributed by atoms with Gasteiger partial charge in [0.25, 0.3) is 0 Å². The number of rotatable bonds is 8. The van der Waals surface area contributed by atoms with Gasteiger partial charge in [0.2, 0.25) is 5.91 Å². The van der Waals surface area contributed by atoms with Crippen LogP contribution in [0, 0.1) is 6.92 Å². The molecule has 1 amide bonds. The number of carbonyl (C=O) groups is 1. The summed E-state index contributed by atoms with van der Waals surface area (Å²) in [5.74, 6) is 0.964. The van der Waals surface area contributed by atoms with Crippen molar-refractivity contribution in [3.05, 3.63) is 65.2 Å². The van der Waals surface area contributed by atoms with Crippen LogP contribution in [0.15, 0.2) is 48.5 Å². The molecule has 1 unspecified atom stereocenters. The van der Waals surface area contributed by atoms with Crippen LogP contribution in [-0.2, 0) is 11.2 Å². The maximum absolute atomic E-state index is 12.5. The minimum absolute atomic E-state index is 0.109. The van der Waals surface area contributed by atoms with E-state index < -0.39 is 0 Å². The maximum Gasteiger partial charge on any atom is 0.220 e. The van der Waals surface area contributed by atoms with Gasteiger partial charge in [0.1, 0.15) is 5.75 Å². The van der Waals surface area contributed by atoms with Crippen LogP contribution in [0.3, 0.4) is 0 Å². The second-order valence-corrected chi connectivity index (χ2v) is 7.92. The Morgan fingerprint density at radius 1 is 1.03 bits per heavy atom. The molecule has 1 atom stereocenters. The van der Waals surface area contributed by atoms with Gasteiger partial charge in [-0.1, -0.05) is 42.0 Å². The second kappa shape index (κ2) is 10.4. The largest absolute Gasteiger partial charge is 0.497 e. The lowest BCUT2D eigenvalue weighted by Gasteiger charge is -2.38. The Bertz CT molecular complexity index is 766. The maximum atomic E-state index is 12.5. The number of benzene rings is 2. The third-order valence-electron chi connectivity index (χ3n) is 5.73. The minimum atomic E-state index is 0.109. The summed E-state index contributed by atoms with van der Waals surface area (Å²) in [5.41, 5.74) is 3.67. The molecule has 0 aliphatic carbocycles. The van der Waals surface area contributed by atoms with Crippen LogP contribution in [0.4, 0.5) is 0 Å². The van der Waals surface area contributed by atoms with Gasteiger partial charge in [-0.3, -0.25) is 9.69 Å². The van der Waals surface area contributed by atoms with E-state index in [-0.39, 0.29) is 11.9 Å². The highest BCUT2D eigenvalue weighted by Crippen LogP contribution is 2.24. The number of hydrogen-bond donors (Lipinski definition) is 1. The zero-order chi connectivity index (χ0) is 20.6. The molecule has 0 saturated carbocycles. The van der Waals surface area contributed by atoms with Gasteiger partial charge in [0.05, 0.1) is 13.2 Å². The molecule has 1 aliphatic rings. The zero-order valence-corrected chi connectivity index (χ0v) is 17.9. The first-order valence-corrected chi connectivity index (χ1v) is 10.4. The van der Waals surface area contributed by atoms with Crippen LogP contribution in [0.2, 0.25) is 0 Å². The first kappa shape index (κ1) is 21.3. The van der Waals surface area contributed by atoms with Gasteiger partial charge in [0.15, 0.2) is 0 Å². The van der Waals surface area contributed by atoms with Gasteiger partial charge >= 0.3 is 0 Å². The topological polar surface area (TPSA) is 44.8 Å². The highest BCUT2D eigenvalue weighted by molar-refractivity contribution is 5.76. The van der Waals surface area contributed by atoms with Crippen LogP contribution >= 0.6 is 0 Å². The average Bonchev–Trinajstić information content (AvgIpc) is 2.75. The van der Waals surface area contributed by atoms with Crippen LogP contribution in [0.5, 0.6) is 5.75 Å². The minimum Gasteiger partial charge on any atom is -0.497 e. The SMILES string of the molecule is COc1ccc(C(CNC(=O)CCc2ccc(C)cc2)N2CCN(C)CC2)cc1. The van der Waals surface area contributed by atoms with Crippen LogP contribution in [0.1, 0.15) is 29.2 Å². The summed E-state index contributed by atoms with van der Waals surface area (Å²) in [6, 6.07) is 16.8. The van der Waals surface area contributed by atoms with Crippen LogP contribution < -0.4 is 10.1 Å². The summed E-state index contributed by atoms with van der Waals surface area (Å²) in [7, 11) is 3.84. The van der Waals surface area contributed by atoms with E-state index >= 15 is 0 Å². The number of hydrogen-bond acceptors (Lipinski definition) is 4. The number of nitrogens with zero attached hydrogens (tertiary/aromatic N) is 2. The van der Waals surface area contributed by atoms with E-state index in [0.717, 1.165) is 38.3 Å². The molecule has 1 saturated heterocycles. The fourth-order valence-electron chi connectivity index (χ4n) is 3.73. The highest BCUT2D eigenvalue weighted by Gasteiger charge is 2.24. The van der Waals surface area contributed by atoms with Crippen molar-refractivity contribution in [1.29, 1.82) is 0 Å². The fraction of sp³-hybridized carbons (Fsp3) is 0.458. The molecule has 5 heteroatoms. The number of amides is 1. The van der Waals surface area contributed by atoms with Gasteiger partial charge in [0, 0.05) is 39.1 Å². The molecular formula is C24H33N3O2. The van der Waals surface area contributed by atoms with E-state index in [0.29, 0.717) is 13.0 Å². The Morgan fingerprint density at radius 2 is 1.69 bits per heavy atom. The van der Waals surface area contributed by atoms with Gasteiger partial charge in [-0.25, -0.2) is 0 Å². The quantitative estimate of drug-likeness (QED) is 0.746. The number of piperazine rings is 1. The highest BCUT2D eigenvalue weighted by atomic mass is 16.5. The number of likely N-dealkylation sites (N-methyl/N-ethyl adjacent to an activating group) is 1. The Kier molecular flexibility index (Phi) is 7.67. The van der Waals surface area contributed by atoms with E-state index in [4.69, 9.17) is 4.74 Å². The summed E-state index contributed by atoms with van der Waals surface area (Å²) in [4.78, 5) is 17.3. The molecular weight excluding hydrogens is 362 g/mol. The van der Waals surface area contributed by atoms with E-state index in [2.05, 4.69) is 65.5 Å². The van der Waals surface area contributed by atoms with Crippen molar-refractivity contribution < 1.29 is 9.53 Å². The van der Waals surface area contributed by atoms with Crippen LogP contribution in [-0.4, -0.2) is 62.6 Å². The van der Waals surface area contributed by atoms with E-state index in [1.54, 1.807) is 7.11 Å². The smallest absolute Gasteiger partial charge is 0.220 e. The normalized spacial score (nSPS) is 16.4. The molecule has 0 aromatic heterocycles. The number of nitrogens with one attached hydrogen (secondary N) is 1. The van der Waals surface area contributed by atoms with Crippen molar-refractivity contribution in [2.75, 3.05) is 46.9 Å². The van der Waals surface area contributed by atoms with E-state index in [1.165, 1.54) is 16.7 Å². The van der Waals surface area contributed by atoms with Crippen molar-refractivity contribution in [3.8, 4) is 5.75 Å². The third-order valence-corrected chi connectivity index (χ3v) is 5.73. The first-order chi connectivity index (χ1) is 14.0. The fourth-order valence-corrected chi connectivity index (χ4v) is 3.73. The lowest BCUT2D eigenvalue weighted by molar-refractivity contribution is -0.121. The van der Waals surface area contributed by atoms with Gasteiger partial charge in [-0.15, -0.1) is 0 Å². The van der Waals surface area contributed by atoms with Crippen molar-refractivity contribution in [2.45, 2.75) is 25.8 Å². The molecule has 0 bridgehead atoms. The van der Waals surface area contributed by atoms with Crippen molar-refractivity contribution in [2.24, 2.45) is 0 Å². The lowest BCUT2D eigenvalue weighted by atomic mass is 10.0. The van der Waals surface area contributed by atoms with E-state index in [1.807, 2.05) is 12.1 Å². The summed E-state index contributed by atoms with van der Waals surface area (Å²) in [6.07, 6.45) is 1.29. The van der Waals surface area contributed by atoms with Crippen molar-refractivity contribution in [3.63, 3.8) is 0 Å². The van der Waals surface area contributed by atoms with E-state index in [9.17, 15) is 4.79 Å². The molecule has 156 valence electrons. The number of methoxy groups -OCH3 is 1. The Morgan fingerprint density at radius 3 is 2.31 bits per heavy atom. The molecule has 2 aromatic carbocycles. The molecule has 1 N–H and O–H groups in total. The molecule has 0 radical (unpaired) electrons. The molecule has 29 heavy (non-hydrogen) atoms. The monoisotopic (exact) mass is 395 g/mol. The predicted molar refractivity (Wildman–Crippen MR) is 117 cm³/mol. The standard InChI is InChI=1S/C24H33N3O2/c1-19-4-6-20(7-5-19)8-13-24(28)25-18-23(27-16-14-26(2)15-17-27)21-9-11-22(29-3)12-10-21/h4-7,9-12,23H,8,13-18H2,1-3H3,(H,25,28). The van der Waals surface area contributed by atoms with Crippen molar-refractivity contribution >= 4 is 5.91 Å². The first-order valence-electron chi connectivity index (χ1n) is 10.4. The molecule has 2 aromatic rings. The molecule has 1 aliphatic heterocycles. The van der Waals surface area contributed by atoms with Crippen LogP contribution in [0.25, 0.3) is 0 Å². The Labute approximate surface area is 174 Å². The molecule has 1 heterocycles. The Balaban J connectivity index is 1.59. The summed E-state index contributed by atoms with van der Waals surface area (Å²) in [6.45, 7) is 6.82. The molecule has 5 nitrogen and oxygen atoms in total. The molecule has 3 rings (SSSR count). The number of ether oxygens (including phenoxy) is 1. The van der Waals surface area contributed by atoms with Gasteiger partial charge in [-0.05, 0) is 43.7 Å². The average molecular weight is 396 g/mol. The summed E-state index contributed by atoms with van der Waals surface area (Å²) < 4.78 is 5.30. The summed E-state index contributed by atoms with van der Waals surface area (Å²) >= 11 is 0. The Hall–Kier alpha value is -2.37. The zero-order valence-electron chi connectivity index (χ0n) is 17.9. The predicted octanol–water partition coefficient (Wildman–Crippen LogP) is 3.04.